The zero-order valence-electron chi connectivity index (χ0n) is 10.7. The fourth-order valence-electron chi connectivity index (χ4n) is 2.04. The van der Waals surface area contributed by atoms with Crippen molar-refractivity contribution in [3.8, 4) is 0 Å². The average molecular weight is 319 g/mol. The van der Waals surface area contributed by atoms with Gasteiger partial charge in [-0.05, 0) is 37.6 Å². The molecule has 0 amide bonds. The number of nitrogens with one attached hydrogen (secondary N) is 2. The van der Waals surface area contributed by atoms with Gasteiger partial charge in [-0.2, -0.15) is 0 Å². The maximum absolute atomic E-state index is 12.1. The summed E-state index contributed by atoms with van der Waals surface area (Å²) in [6.07, 6.45) is 1.94. The van der Waals surface area contributed by atoms with E-state index in [0.29, 0.717) is 0 Å². The highest BCUT2D eigenvalue weighted by molar-refractivity contribution is 7.90. The lowest BCUT2D eigenvalue weighted by atomic mass is 10.2. The van der Waals surface area contributed by atoms with Crippen molar-refractivity contribution in [2.45, 2.75) is 28.7 Å². The van der Waals surface area contributed by atoms with Crippen molar-refractivity contribution in [2.24, 2.45) is 5.14 Å². The molecule has 0 aliphatic carbocycles. The molecule has 1 aliphatic heterocycles. The van der Waals surface area contributed by atoms with Crippen molar-refractivity contribution >= 4 is 20.0 Å². The van der Waals surface area contributed by atoms with Crippen LogP contribution in [0.15, 0.2) is 34.1 Å². The van der Waals surface area contributed by atoms with Crippen molar-refractivity contribution in [1.29, 1.82) is 0 Å². The lowest BCUT2D eigenvalue weighted by Gasteiger charge is -2.12. The first-order valence-corrected chi connectivity index (χ1v) is 9.18. The van der Waals surface area contributed by atoms with Gasteiger partial charge in [-0.15, -0.1) is 0 Å². The highest BCUT2D eigenvalue weighted by Crippen LogP contribution is 2.15. The molecule has 2 rings (SSSR count). The van der Waals surface area contributed by atoms with Gasteiger partial charge in [0.15, 0.2) is 0 Å². The number of hydrogen-bond acceptors (Lipinski definition) is 5. The fourth-order valence-corrected chi connectivity index (χ4v) is 3.80. The van der Waals surface area contributed by atoms with E-state index in [4.69, 9.17) is 5.14 Å². The van der Waals surface area contributed by atoms with Crippen LogP contribution >= 0.6 is 0 Å². The summed E-state index contributed by atoms with van der Waals surface area (Å²) < 4.78 is 49.1. The molecule has 112 valence electrons. The van der Waals surface area contributed by atoms with Gasteiger partial charge in [-0.3, -0.25) is 0 Å². The van der Waals surface area contributed by atoms with Gasteiger partial charge in [0.1, 0.15) is 0 Å². The minimum atomic E-state index is -3.92. The van der Waals surface area contributed by atoms with E-state index in [1.54, 1.807) is 0 Å². The van der Waals surface area contributed by atoms with Crippen molar-refractivity contribution in [2.75, 3.05) is 13.1 Å². The van der Waals surface area contributed by atoms with Gasteiger partial charge in [-0.25, -0.2) is 26.7 Å². The van der Waals surface area contributed by atoms with Crippen LogP contribution in [0.2, 0.25) is 0 Å². The van der Waals surface area contributed by atoms with Gasteiger partial charge >= 0.3 is 0 Å². The summed E-state index contributed by atoms with van der Waals surface area (Å²) in [7, 11) is -7.66. The molecule has 1 unspecified atom stereocenters. The molecule has 0 radical (unpaired) electrons. The molecule has 4 N–H and O–H groups in total. The van der Waals surface area contributed by atoms with Crippen LogP contribution in [0.25, 0.3) is 0 Å². The van der Waals surface area contributed by atoms with Crippen LogP contribution in [0, 0.1) is 0 Å². The van der Waals surface area contributed by atoms with E-state index in [1.807, 2.05) is 0 Å². The third-order valence-corrected chi connectivity index (χ3v) is 5.46. The van der Waals surface area contributed by atoms with E-state index in [2.05, 4.69) is 10.0 Å². The van der Waals surface area contributed by atoms with Crippen LogP contribution in [-0.4, -0.2) is 36.0 Å². The number of nitrogens with two attached hydrogens (primary N) is 1. The van der Waals surface area contributed by atoms with Crippen molar-refractivity contribution in [1.82, 2.24) is 10.0 Å². The molecular formula is C11H17N3O4S2. The smallest absolute Gasteiger partial charge is 0.240 e. The molecule has 1 fully saturated rings. The minimum absolute atomic E-state index is 0.109. The Bertz CT molecular complexity index is 679. The second-order valence-corrected chi connectivity index (χ2v) is 7.99. The molecule has 7 nitrogen and oxygen atoms in total. The Morgan fingerprint density at radius 1 is 1.25 bits per heavy atom. The fraction of sp³-hybridized carbons (Fsp3) is 0.455. The molecule has 1 aromatic carbocycles. The lowest BCUT2D eigenvalue weighted by Crippen LogP contribution is -2.37. The van der Waals surface area contributed by atoms with E-state index >= 15 is 0 Å². The van der Waals surface area contributed by atoms with Crippen LogP contribution in [0.1, 0.15) is 12.8 Å². The Labute approximate surface area is 118 Å². The second kappa shape index (κ2) is 5.78. The van der Waals surface area contributed by atoms with Gasteiger partial charge in [0, 0.05) is 12.6 Å². The molecule has 1 atom stereocenters. The molecule has 9 heteroatoms. The van der Waals surface area contributed by atoms with Crippen LogP contribution in [0.4, 0.5) is 0 Å². The predicted molar refractivity (Wildman–Crippen MR) is 74.0 cm³/mol. The minimum Gasteiger partial charge on any atom is -0.313 e. The van der Waals surface area contributed by atoms with Crippen LogP contribution < -0.4 is 15.2 Å². The first-order chi connectivity index (χ1) is 9.29. The monoisotopic (exact) mass is 319 g/mol. The number of sulfonamides is 2. The Morgan fingerprint density at radius 3 is 2.55 bits per heavy atom. The zero-order chi connectivity index (χ0) is 14.8. The summed E-state index contributed by atoms with van der Waals surface area (Å²) >= 11 is 0. The molecule has 20 heavy (non-hydrogen) atoms. The van der Waals surface area contributed by atoms with Gasteiger partial charge in [0.05, 0.1) is 9.79 Å². The molecule has 0 spiro atoms. The normalized spacial score (nSPS) is 20.1. The van der Waals surface area contributed by atoms with Crippen LogP contribution in [0.5, 0.6) is 0 Å². The molecule has 1 saturated heterocycles. The third kappa shape index (κ3) is 3.76. The number of rotatable bonds is 5. The van der Waals surface area contributed by atoms with E-state index in [1.165, 1.54) is 18.2 Å². The van der Waals surface area contributed by atoms with Gasteiger partial charge in [0.25, 0.3) is 0 Å². The molecule has 1 heterocycles. The topological polar surface area (TPSA) is 118 Å². The maximum Gasteiger partial charge on any atom is 0.240 e. The number of hydrogen-bond donors (Lipinski definition) is 3. The van der Waals surface area contributed by atoms with Crippen LogP contribution in [0.3, 0.4) is 0 Å². The largest absolute Gasteiger partial charge is 0.313 e. The van der Waals surface area contributed by atoms with E-state index in [0.717, 1.165) is 25.5 Å². The van der Waals surface area contributed by atoms with Crippen LogP contribution in [-0.2, 0) is 20.0 Å². The summed E-state index contributed by atoms with van der Waals surface area (Å²) in [5, 5.41) is 8.16. The lowest BCUT2D eigenvalue weighted by molar-refractivity contribution is 0.551. The Kier molecular flexibility index (Phi) is 4.45. The SMILES string of the molecule is NS(=O)(=O)c1cccc(S(=O)(=O)NCC2CCCN2)c1. The van der Waals surface area contributed by atoms with E-state index < -0.39 is 20.0 Å². The summed E-state index contributed by atoms with van der Waals surface area (Å²) in [4.78, 5) is -0.332. The first-order valence-electron chi connectivity index (χ1n) is 6.15. The Morgan fingerprint density at radius 2 is 1.95 bits per heavy atom. The third-order valence-electron chi connectivity index (χ3n) is 3.13. The Hall–Kier alpha value is -1.00. The number of benzene rings is 1. The van der Waals surface area contributed by atoms with Crippen molar-refractivity contribution in [3.63, 3.8) is 0 Å². The zero-order valence-corrected chi connectivity index (χ0v) is 12.4. The number of primary sulfonamides is 1. The first kappa shape index (κ1) is 15.4. The van der Waals surface area contributed by atoms with Crippen molar-refractivity contribution in [3.05, 3.63) is 24.3 Å². The van der Waals surface area contributed by atoms with Gasteiger partial charge in [0.2, 0.25) is 20.0 Å². The predicted octanol–water partition coefficient (Wildman–Crippen LogP) is -0.636. The highest BCUT2D eigenvalue weighted by Gasteiger charge is 2.20. The van der Waals surface area contributed by atoms with E-state index in [9.17, 15) is 16.8 Å². The molecule has 1 aliphatic rings. The summed E-state index contributed by atoms with van der Waals surface area (Å²) in [5.41, 5.74) is 0. The molecule has 0 aromatic heterocycles. The quantitative estimate of drug-likeness (QED) is 0.667. The second-order valence-electron chi connectivity index (χ2n) is 4.67. The molecule has 0 bridgehead atoms. The maximum atomic E-state index is 12.1. The molecule has 0 saturated carbocycles. The summed E-state index contributed by atoms with van der Waals surface area (Å²) in [5.74, 6) is 0. The highest BCUT2D eigenvalue weighted by atomic mass is 32.2. The average Bonchev–Trinajstić information content (AvgIpc) is 2.89. The molecule has 1 aromatic rings. The Balaban J connectivity index is 2.16. The standard InChI is InChI=1S/C11H17N3O4S2/c12-19(15,16)10-4-1-5-11(7-10)20(17,18)14-8-9-3-2-6-13-9/h1,4-5,7,9,13-14H,2-3,6,8H2,(H2,12,15,16). The molecular weight excluding hydrogens is 302 g/mol. The van der Waals surface area contributed by atoms with E-state index in [-0.39, 0.29) is 22.4 Å². The summed E-state index contributed by atoms with van der Waals surface area (Å²) in [6, 6.07) is 5.11. The van der Waals surface area contributed by atoms with Crippen molar-refractivity contribution < 1.29 is 16.8 Å². The summed E-state index contributed by atoms with van der Waals surface area (Å²) in [6.45, 7) is 1.16. The van der Waals surface area contributed by atoms with Gasteiger partial charge < -0.3 is 5.32 Å². The van der Waals surface area contributed by atoms with Gasteiger partial charge in [-0.1, -0.05) is 6.07 Å².